The fraction of sp³-hybridized carbons (Fsp3) is 0.538. The van der Waals surface area contributed by atoms with Crippen molar-refractivity contribution in [1.29, 1.82) is 0 Å². The molecular formula is C13H17FN2. The number of hydrogen-bond donors (Lipinski definition) is 1. The third kappa shape index (κ3) is 1.99. The van der Waals surface area contributed by atoms with Gasteiger partial charge in [-0.15, -0.1) is 0 Å². The Labute approximate surface area is 95.2 Å². The Morgan fingerprint density at radius 3 is 2.56 bits per heavy atom. The van der Waals surface area contributed by atoms with Crippen LogP contribution >= 0.6 is 0 Å². The molecule has 2 saturated carbocycles. The lowest BCUT2D eigenvalue weighted by molar-refractivity contribution is 0.627. The van der Waals surface area contributed by atoms with Crippen molar-refractivity contribution in [3.63, 3.8) is 0 Å². The summed E-state index contributed by atoms with van der Waals surface area (Å²) >= 11 is 0. The number of nitrogens with two attached hydrogens (primary N) is 1. The second kappa shape index (κ2) is 3.65. The molecule has 2 nitrogen and oxygen atoms in total. The van der Waals surface area contributed by atoms with E-state index in [2.05, 4.69) is 4.90 Å². The summed E-state index contributed by atoms with van der Waals surface area (Å²) in [6.45, 7) is 1.10. The van der Waals surface area contributed by atoms with E-state index >= 15 is 0 Å². The molecule has 0 amide bonds. The van der Waals surface area contributed by atoms with Gasteiger partial charge in [-0.3, -0.25) is 0 Å². The van der Waals surface area contributed by atoms with Gasteiger partial charge in [-0.2, -0.15) is 0 Å². The Kier molecular flexibility index (Phi) is 2.27. The first-order valence-electron chi connectivity index (χ1n) is 6.05. The minimum Gasteiger partial charge on any atom is -0.397 e. The first-order valence-corrected chi connectivity index (χ1v) is 6.05. The Bertz CT molecular complexity index is 397. The van der Waals surface area contributed by atoms with Gasteiger partial charge in [0.2, 0.25) is 0 Å². The predicted molar refractivity (Wildman–Crippen MR) is 63.9 cm³/mol. The monoisotopic (exact) mass is 220 g/mol. The van der Waals surface area contributed by atoms with Gasteiger partial charge in [0, 0.05) is 12.6 Å². The topological polar surface area (TPSA) is 29.3 Å². The van der Waals surface area contributed by atoms with Crippen LogP contribution in [0.15, 0.2) is 18.2 Å². The summed E-state index contributed by atoms with van der Waals surface area (Å²) in [5.41, 5.74) is 7.50. The molecule has 16 heavy (non-hydrogen) atoms. The summed E-state index contributed by atoms with van der Waals surface area (Å²) in [7, 11) is 0. The lowest BCUT2D eigenvalue weighted by Crippen LogP contribution is -2.28. The van der Waals surface area contributed by atoms with Crippen molar-refractivity contribution in [1.82, 2.24) is 0 Å². The van der Waals surface area contributed by atoms with Crippen molar-refractivity contribution in [3.8, 4) is 0 Å². The van der Waals surface area contributed by atoms with E-state index in [1.165, 1.54) is 37.8 Å². The van der Waals surface area contributed by atoms with Crippen molar-refractivity contribution in [3.05, 3.63) is 24.0 Å². The molecule has 0 bridgehead atoms. The molecule has 0 aromatic heterocycles. The van der Waals surface area contributed by atoms with Crippen LogP contribution in [-0.2, 0) is 0 Å². The average molecular weight is 220 g/mol. The molecule has 1 aromatic rings. The van der Waals surface area contributed by atoms with Gasteiger partial charge in [0.05, 0.1) is 11.4 Å². The van der Waals surface area contributed by atoms with Gasteiger partial charge in [0.1, 0.15) is 5.82 Å². The summed E-state index contributed by atoms with van der Waals surface area (Å²) < 4.78 is 13.0. The number of hydrogen-bond acceptors (Lipinski definition) is 2. The van der Waals surface area contributed by atoms with Gasteiger partial charge < -0.3 is 10.6 Å². The summed E-state index contributed by atoms with van der Waals surface area (Å²) in [5.74, 6) is 0.591. The van der Waals surface area contributed by atoms with E-state index < -0.39 is 0 Å². The molecule has 0 heterocycles. The summed E-state index contributed by atoms with van der Waals surface area (Å²) in [5, 5.41) is 0. The molecule has 0 spiro atoms. The second-order valence-corrected chi connectivity index (χ2v) is 5.03. The maximum atomic E-state index is 13.0. The van der Waals surface area contributed by atoms with Crippen molar-refractivity contribution >= 4 is 11.4 Å². The minimum atomic E-state index is -0.247. The van der Waals surface area contributed by atoms with Crippen LogP contribution in [0.4, 0.5) is 15.8 Å². The zero-order valence-corrected chi connectivity index (χ0v) is 9.32. The van der Waals surface area contributed by atoms with Crippen LogP contribution < -0.4 is 10.6 Å². The number of rotatable bonds is 4. The zero-order valence-electron chi connectivity index (χ0n) is 9.32. The highest BCUT2D eigenvalue weighted by Crippen LogP contribution is 2.39. The van der Waals surface area contributed by atoms with Crippen molar-refractivity contribution in [2.75, 3.05) is 17.2 Å². The van der Waals surface area contributed by atoms with Gasteiger partial charge >= 0.3 is 0 Å². The molecule has 3 rings (SSSR count). The number of nitrogen functional groups attached to an aromatic ring is 1. The van der Waals surface area contributed by atoms with Crippen molar-refractivity contribution < 1.29 is 4.39 Å². The summed E-state index contributed by atoms with van der Waals surface area (Å²) in [6, 6.07) is 5.41. The standard InChI is InChI=1S/C13H17FN2/c14-10-3-6-13(12(15)7-10)16(11-4-5-11)8-9-1-2-9/h3,6-7,9,11H,1-2,4-5,8,15H2. The maximum Gasteiger partial charge on any atom is 0.125 e. The fourth-order valence-corrected chi connectivity index (χ4v) is 2.20. The van der Waals surface area contributed by atoms with E-state index in [9.17, 15) is 4.39 Å². The molecule has 0 atom stereocenters. The molecule has 2 N–H and O–H groups in total. The Morgan fingerprint density at radius 2 is 2.00 bits per heavy atom. The van der Waals surface area contributed by atoms with Crippen LogP contribution in [0.1, 0.15) is 25.7 Å². The predicted octanol–water partition coefficient (Wildman–Crippen LogP) is 2.79. The second-order valence-electron chi connectivity index (χ2n) is 5.03. The molecule has 0 saturated heterocycles. The quantitative estimate of drug-likeness (QED) is 0.790. The van der Waals surface area contributed by atoms with Gasteiger partial charge in [0.25, 0.3) is 0 Å². The van der Waals surface area contributed by atoms with E-state index in [1.54, 1.807) is 0 Å². The van der Waals surface area contributed by atoms with E-state index in [-0.39, 0.29) is 5.82 Å². The van der Waals surface area contributed by atoms with E-state index in [0.29, 0.717) is 11.7 Å². The number of benzene rings is 1. The molecule has 3 heteroatoms. The fourth-order valence-electron chi connectivity index (χ4n) is 2.20. The Morgan fingerprint density at radius 1 is 1.25 bits per heavy atom. The van der Waals surface area contributed by atoms with Gasteiger partial charge in [0.15, 0.2) is 0 Å². The highest BCUT2D eigenvalue weighted by Gasteiger charge is 2.34. The van der Waals surface area contributed by atoms with E-state index in [1.807, 2.05) is 6.07 Å². The van der Waals surface area contributed by atoms with E-state index in [4.69, 9.17) is 5.73 Å². The SMILES string of the molecule is Nc1cc(F)ccc1N(CC1CC1)C1CC1. The van der Waals surface area contributed by atoms with Crippen LogP contribution in [0.25, 0.3) is 0 Å². The molecule has 1 aromatic carbocycles. The summed E-state index contributed by atoms with van der Waals surface area (Å²) in [6.07, 6.45) is 5.18. The first kappa shape index (κ1) is 9.94. The van der Waals surface area contributed by atoms with Crippen molar-refractivity contribution in [2.24, 2.45) is 5.92 Å². The van der Waals surface area contributed by atoms with Crippen LogP contribution in [0.5, 0.6) is 0 Å². The number of nitrogens with zero attached hydrogens (tertiary/aromatic N) is 1. The van der Waals surface area contributed by atoms with Crippen LogP contribution in [0, 0.1) is 11.7 Å². The molecule has 0 radical (unpaired) electrons. The average Bonchev–Trinajstić information content (AvgIpc) is 3.11. The zero-order chi connectivity index (χ0) is 11.1. The highest BCUT2D eigenvalue weighted by atomic mass is 19.1. The molecule has 0 aliphatic heterocycles. The van der Waals surface area contributed by atoms with Crippen LogP contribution in [-0.4, -0.2) is 12.6 Å². The van der Waals surface area contributed by atoms with E-state index in [0.717, 1.165) is 18.2 Å². The van der Waals surface area contributed by atoms with Gasteiger partial charge in [-0.05, 0) is 49.8 Å². The molecule has 2 fully saturated rings. The lowest BCUT2D eigenvalue weighted by atomic mass is 10.2. The lowest BCUT2D eigenvalue weighted by Gasteiger charge is -2.26. The van der Waals surface area contributed by atoms with Crippen LogP contribution in [0.2, 0.25) is 0 Å². The number of halogens is 1. The Balaban J connectivity index is 1.85. The molecule has 2 aliphatic rings. The normalized spacial score (nSPS) is 19.8. The Hall–Kier alpha value is -1.25. The smallest absolute Gasteiger partial charge is 0.125 e. The van der Waals surface area contributed by atoms with Crippen molar-refractivity contribution in [2.45, 2.75) is 31.7 Å². The van der Waals surface area contributed by atoms with Gasteiger partial charge in [-0.25, -0.2) is 4.39 Å². The van der Waals surface area contributed by atoms with Gasteiger partial charge in [-0.1, -0.05) is 0 Å². The minimum absolute atomic E-state index is 0.247. The molecular weight excluding hydrogens is 203 g/mol. The van der Waals surface area contributed by atoms with Crippen LogP contribution in [0.3, 0.4) is 0 Å². The number of anilines is 2. The molecule has 2 aliphatic carbocycles. The largest absolute Gasteiger partial charge is 0.397 e. The molecule has 0 unspecified atom stereocenters. The summed E-state index contributed by atoms with van der Waals surface area (Å²) in [4.78, 5) is 2.38. The first-order chi connectivity index (χ1) is 7.74. The third-order valence-electron chi connectivity index (χ3n) is 3.44. The highest BCUT2D eigenvalue weighted by molar-refractivity contribution is 5.68. The third-order valence-corrected chi connectivity index (χ3v) is 3.44. The molecule has 86 valence electrons. The maximum absolute atomic E-state index is 13.0.